The summed E-state index contributed by atoms with van der Waals surface area (Å²) in [6, 6.07) is 62.6. The summed E-state index contributed by atoms with van der Waals surface area (Å²) in [5.41, 5.74) is 9.86. The van der Waals surface area contributed by atoms with Crippen molar-refractivity contribution in [2.45, 2.75) is 0 Å². The van der Waals surface area contributed by atoms with Crippen molar-refractivity contribution >= 4 is 60.5 Å². The van der Waals surface area contributed by atoms with Crippen LogP contribution in [0.3, 0.4) is 0 Å². The van der Waals surface area contributed by atoms with Gasteiger partial charge >= 0.3 is 0 Å². The molecule has 0 amide bonds. The number of hydrogen-bond donors (Lipinski definition) is 0. The third-order valence-corrected chi connectivity index (χ3v) is 9.05. The maximum atomic E-state index is 6.76. The lowest BCUT2D eigenvalue weighted by molar-refractivity contribution is 0.673. The molecule has 0 saturated carbocycles. The Morgan fingerprint density at radius 1 is 0.370 bits per heavy atom. The summed E-state index contributed by atoms with van der Waals surface area (Å²) in [7, 11) is 0. The molecule has 0 radical (unpaired) electrons. The zero-order valence-corrected chi connectivity index (χ0v) is 25.1. The van der Waals surface area contributed by atoms with Crippen LogP contribution in [-0.2, 0) is 0 Å². The van der Waals surface area contributed by atoms with Gasteiger partial charge in [0.05, 0.1) is 5.69 Å². The maximum absolute atomic E-state index is 6.76. The van der Waals surface area contributed by atoms with Gasteiger partial charge in [0.15, 0.2) is 0 Å². The molecule has 0 aliphatic rings. The molecule has 2 nitrogen and oxygen atoms in total. The molecule has 1 heterocycles. The Kier molecular flexibility index (Phi) is 6.17. The van der Waals surface area contributed by atoms with Crippen LogP contribution in [0.4, 0.5) is 17.1 Å². The van der Waals surface area contributed by atoms with E-state index in [2.05, 4.69) is 181 Å². The number of fused-ring (bicyclic) bond motifs is 6. The molecule has 0 unspecified atom stereocenters. The fourth-order valence-corrected chi connectivity index (χ4v) is 6.85. The van der Waals surface area contributed by atoms with Crippen molar-refractivity contribution in [3.63, 3.8) is 0 Å². The number of anilines is 3. The second kappa shape index (κ2) is 10.8. The molecule has 0 N–H and O–H groups in total. The van der Waals surface area contributed by atoms with E-state index >= 15 is 0 Å². The van der Waals surface area contributed by atoms with Crippen molar-refractivity contribution in [1.82, 2.24) is 0 Å². The largest absolute Gasteiger partial charge is 0.455 e. The van der Waals surface area contributed by atoms with E-state index < -0.39 is 0 Å². The fraction of sp³-hybridized carbons (Fsp3) is 0. The highest BCUT2D eigenvalue weighted by molar-refractivity contribution is 6.19. The first-order chi connectivity index (χ1) is 22.8. The number of hydrogen-bond acceptors (Lipinski definition) is 2. The molecule has 0 saturated heterocycles. The first-order valence-corrected chi connectivity index (χ1v) is 15.7. The predicted octanol–water partition coefficient (Wildman–Crippen LogP) is 12.7. The number of rotatable bonds is 5. The lowest BCUT2D eigenvalue weighted by Gasteiger charge is -2.27. The summed E-state index contributed by atoms with van der Waals surface area (Å²) < 4.78 is 6.76. The van der Waals surface area contributed by atoms with Gasteiger partial charge in [-0.2, -0.15) is 0 Å². The molecule has 9 aromatic rings. The quantitative estimate of drug-likeness (QED) is 0.199. The molecule has 0 fully saturated rings. The smallest absolute Gasteiger partial charge is 0.143 e. The van der Waals surface area contributed by atoms with Crippen molar-refractivity contribution in [3.8, 4) is 22.3 Å². The van der Waals surface area contributed by atoms with Crippen LogP contribution >= 0.6 is 0 Å². The summed E-state index contributed by atoms with van der Waals surface area (Å²) in [6.45, 7) is 0. The molecule has 0 spiro atoms. The van der Waals surface area contributed by atoms with E-state index in [0.29, 0.717) is 0 Å². The first-order valence-electron chi connectivity index (χ1n) is 15.7. The molecule has 1 aromatic heterocycles. The van der Waals surface area contributed by atoms with Crippen LogP contribution in [0.1, 0.15) is 0 Å². The standard InChI is InChI=1S/C44H29NO/c1-3-12-30(13-4-1)31-22-24-34(25-23-31)45(42-21-11-17-32-16-7-8-18-36(32)42)35-26-27-38-41-29-40(33-14-5-2-6-15-33)37-19-9-10-20-39(37)44(41)46-43(38)28-35/h1-29H. The zero-order valence-electron chi connectivity index (χ0n) is 25.1. The summed E-state index contributed by atoms with van der Waals surface area (Å²) in [5.74, 6) is 0. The Morgan fingerprint density at radius 3 is 1.76 bits per heavy atom. The summed E-state index contributed by atoms with van der Waals surface area (Å²) in [6.07, 6.45) is 0. The van der Waals surface area contributed by atoms with Gasteiger partial charge in [-0.1, -0.05) is 133 Å². The lowest BCUT2D eigenvalue weighted by Crippen LogP contribution is -2.10. The second-order valence-corrected chi connectivity index (χ2v) is 11.7. The molecule has 2 heteroatoms. The minimum atomic E-state index is 0.869. The third-order valence-electron chi connectivity index (χ3n) is 9.05. The fourth-order valence-electron chi connectivity index (χ4n) is 6.85. The number of benzene rings is 8. The Morgan fingerprint density at radius 2 is 0.978 bits per heavy atom. The summed E-state index contributed by atoms with van der Waals surface area (Å²) >= 11 is 0. The van der Waals surface area contributed by atoms with Crippen LogP contribution in [0, 0.1) is 0 Å². The van der Waals surface area contributed by atoms with E-state index in [0.717, 1.165) is 44.4 Å². The Labute approximate surface area is 267 Å². The molecule has 216 valence electrons. The molecule has 9 rings (SSSR count). The third kappa shape index (κ3) is 4.35. The molecular formula is C44H29NO. The number of nitrogens with zero attached hydrogens (tertiary/aromatic N) is 1. The molecule has 0 bridgehead atoms. The molecule has 8 aromatic carbocycles. The first kappa shape index (κ1) is 26.3. The Bertz CT molecular complexity index is 2510. The molecular weight excluding hydrogens is 558 g/mol. The topological polar surface area (TPSA) is 16.4 Å². The van der Waals surface area contributed by atoms with Gasteiger partial charge in [0, 0.05) is 39.0 Å². The van der Waals surface area contributed by atoms with Gasteiger partial charge in [-0.25, -0.2) is 0 Å². The van der Waals surface area contributed by atoms with Gasteiger partial charge in [-0.3, -0.25) is 0 Å². The predicted molar refractivity (Wildman–Crippen MR) is 194 cm³/mol. The van der Waals surface area contributed by atoms with Crippen LogP contribution in [0.2, 0.25) is 0 Å². The highest BCUT2D eigenvalue weighted by Gasteiger charge is 2.19. The second-order valence-electron chi connectivity index (χ2n) is 11.7. The Balaban J connectivity index is 1.25. The summed E-state index contributed by atoms with van der Waals surface area (Å²) in [4.78, 5) is 2.34. The van der Waals surface area contributed by atoms with Crippen molar-refractivity contribution in [3.05, 3.63) is 176 Å². The van der Waals surface area contributed by atoms with E-state index in [4.69, 9.17) is 4.42 Å². The van der Waals surface area contributed by atoms with Crippen molar-refractivity contribution in [2.24, 2.45) is 0 Å². The van der Waals surface area contributed by atoms with Gasteiger partial charge in [0.1, 0.15) is 11.2 Å². The molecule has 46 heavy (non-hydrogen) atoms. The van der Waals surface area contributed by atoms with Crippen molar-refractivity contribution < 1.29 is 4.42 Å². The van der Waals surface area contributed by atoms with Gasteiger partial charge in [-0.15, -0.1) is 0 Å². The van der Waals surface area contributed by atoms with Crippen molar-refractivity contribution in [2.75, 3.05) is 4.90 Å². The highest BCUT2D eigenvalue weighted by Crippen LogP contribution is 2.44. The van der Waals surface area contributed by atoms with E-state index in [1.54, 1.807) is 0 Å². The molecule has 0 aliphatic carbocycles. The monoisotopic (exact) mass is 587 g/mol. The van der Waals surface area contributed by atoms with Gasteiger partial charge in [0.2, 0.25) is 0 Å². The molecule has 0 aliphatic heterocycles. The minimum Gasteiger partial charge on any atom is -0.455 e. The van der Waals surface area contributed by atoms with Gasteiger partial charge in [0.25, 0.3) is 0 Å². The van der Waals surface area contributed by atoms with Crippen LogP contribution < -0.4 is 4.90 Å². The summed E-state index contributed by atoms with van der Waals surface area (Å²) in [5, 5.41) is 6.95. The maximum Gasteiger partial charge on any atom is 0.143 e. The van der Waals surface area contributed by atoms with E-state index in [1.165, 1.54) is 38.4 Å². The molecule has 0 atom stereocenters. The van der Waals surface area contributed by atoms with Crippen LogP contribution in [0.25, 0.3) is 65.7 Å². The van der Waals surface area contributed by atoms with Crippen molar-refractivity contribution in [1.29, 1.82) is 0 Å². The normalized spacial score (nSPS) is 11.5. The van der Waals surface area contributed by atoms with Gasteiger partial charge < -0.3 is 9.32 Å². The Hall–Kier alpha value is -6.12. The van der Waals surface area contributed by atoms with Crippen LogP contribution in [-0.4, -0.2) is 0 Å². The SMILES string of the molecule is c1ccc(-c2ccc(N(c3ccc4c(c3)oc3c5ccccc5c(-c5ccccc5)cc43)c3cccc4ccccc34)cc2)cc1. The van der Waals surface area contributed by atoms with E-state index in [-0.39, 0.29) is 0 Å². The van der Waals surface area contributed by atoms with E-state index in [9.17, 15) is 0 Å². The highest BCUT2D eigenvalue weighted by atomic mass is 16.3. The van der Waals surface area contributed by atoms with Crippen LogP contribution in [0.5, 0.6) is 0 Å². The average molecular weight is 588 g/mol. The lowest BCUT2D eigenvalue weighted by atomic mass is 9.95. The minimum absolute atomic E-state index is 0.869. The van der Waals surface area contributed by atoms with E-state index in [1.807, 2.05) is 0 Å². The van der Waals surface area contributed by atoms with Crippen LogP contribution in [0.15, 0.2) is 180 Å². The average Bonchev–Trinajstić information content (AvgIpc) is 3.51. The number of furan rings is 1. The van der Waals surface area contributed by atoms with Gasteiger partial charge in [-0.05, 0) is 69.4 Å². The zero-order chi connectivity index (χ0) is 30.5.